The first-order valence-electron chi connectivity index (χ1n) is 9.86. The highest BCUT2D eigenvalue weighted by atomic mass is 32.1. The molecular formula is C22H26N2OS. The Morgan fingerprint density at radius 3 is 2.88 bits per heavy atom. The molecule has 4 heteroatoms. The van der Waals surface area contributed by atoms with Gasteiger partial charge in [0.05, 0.1) is 4.88 Å². The van der Waals surface area contributed by atoms with Crippen molar-refractivity contribution in [3.8, 4) is 0 Å². The predicted molar refractivity (Wildman–Crippen MR) is 108 cm³/mol. The van der Waals surface area contributed by atoms with Crippen LogP contribution in [0.25, 0.3) is 0 Å². The van der Waals surface area contributed by atoms with Gasteiger partial charge in [0.2, 0.25) is 0 Å². The maximum Gasteiger partial charge on any atom is 0.268 e. The average molecular weight is 367 g/mol. The quantitative estimate of drug-likeness (QED) is 0.748. The van der Waals surface area contributed by atoms with Crippen molar-refractivity contribution in [2.75, 3.05) is 25.0 Å². The topological polar surface area (TPSA) is 23.6 Å². The van der Waals surface area contributed by atoms with E-state index in [-0.39, 0.29) is 5.91 Å². The fourth-order valence-electron chi connectivity index (χ4n) is 5.06. The minimum Gasteiger partial charge on any atom is -0.306 e. The van der Waals surface area contributed by atoms with Crippen LogP contribution in [0.4, 0.5) is 5.69 Å². The molecule has 3 heterocycles. The van der Waals surface area contributed by atoms with Gasteiger partial charge >= 0.3 is 0 Å². The second-order valence-corrected chi connectivity index (χ2v) is 9.37. The maximum absolute atomic E-state index is 13.6. The van der Waals surface area contributed by atoms with Gasteiger partial charge in [-0.25, -0.2) is 0 Å². The van der Waals surface area contributed by atoms with Crippen LogP contribution < -0.4 is 4.90 Å². The van der Waals surface area contributed by atoms with Crippen molar-refractivity contribution < 1.29 is 4.79 Å². The molecule has 1 fully saturated rings. The normalized spacial score (nSPS) is 24.9. The van der Waals surface area contributed by atoms with Gasteiger partial charge in [-0.3, -0.25) is 4.79 Å². The molecular weight excluding hydrogens is 340 g/mol. The van der Waals surface area contributed by atoms with Crippen molar-refractivity contribution in [1.82, 2.24) is 4.90 Å². The minimum absolute atomic E-state index is 0.228. The lowest BCUT2D eigenvalue weighted by molar-refractivity contribution is 0.0968. The zero-order valence-corrected chi connectivity index (χ0v) is 16.4. The molecule has 3 aliphatic rings. The highest BCUT2D eigenvalue weighted by Gasteiger charge is 2.44. The van der Waals surface area contributed by atoms with Gasteiger partial charge in [0.1, 0.15) is 0 Å². The molecule has 1 aromatic heterocycles. The van der Waals surface area contributed by atoms with E-state index in [9.17, 15) is 4.79 Å². The summed E-state index contributed by atoms with van der Waals surface area (Å²) >= 11 is 1.75. The highest BCUT2D eigenvalue weighted by molar-refractivity contribution is 7.14. The lowest BCUT2D eigenvalue weighted by atomic mass is 9.89. The molecule has 1 aromatic carbocycles. The first-order valence-corrected chi connectivity index (χ1v) is 10.7. The zero-order valence-electron chi connectivity index (χ0n) is 15.6. The summed E-state index contributed by atoms with van der Waals surface area (Å²) < 4.78 is 0. The average Bonchev–Trinajstić information content (AvgIpc) is 3.20. The smallest absolute Gasteiger partial charge is 0.268 e. The van der Waals surface area contributed by atoms with Crippen LogP contribution in [0, 0.1) is 6.92 Å². The van der Waals surface area contributed by atoms with Gasteiger partial charge in [-0.1, -0.05) is 17.7 Å². The molecule has 2 aliphatic heterocycles. The van der Waals surface area contributed by atoms with E-state index in [0.29, 0.717) is 12.0 Å². The van der Waals surface area contributed by atoms with Gasteiger partial charge in [-0.15, -0.1) is 11.3 Å². The third kappa shape index (κ3) is 2.54. The van der Waals surface area contributed by atoms with Gasteiger partial charge in [0.25, 0.3) is 5.91 Å². The number of carbonyl (C=O) groups excluding carboxylic acids is 1. The fourth-order valence-corrected chi connectivity index (χ4v) is 6.25. The minimum atomic E-state index is 0.228. The van der Waals surface area contributed by atoms with Crippen molar-refractivity contribution in [2.24, 2.45) is 0 Å². The van der Waals surface area contributed by atoms with Crippen molar-refractivity contribution in [3.05, 3.63) is 50.7 Å². The molecule has 0 unspecified atom stereocenters. The SMILES string of the molecule is Cc1ccc2c(c1)[C@H]1CN(C)CC[C@H]1N2C(=O)c1cc2c(s1)CCCC2. The monoisotopic (exact) mass is 366 g/mol. The summed E-state index contributed by atoms with van der Waals surface area (Å²) in [6.07, 6.45) is 5.89. The molecule has 0 spiro atoms. The first-order chi connectivity index (χ1) is 12.6. The molecule has 26 heavy (non-hydrogen) atoms. The summed E-state index contributed by atoms with van der Waals surface area (Å²) in [4.78, 5) is 20.5. The largest absolute Gasteiger partial charge is 0.306 e. The van der Waals surface area contributed by atoms with Gasteiger partial charge in [-0.05, 0) is 75.9 Å². The Hall–Kier alpha value is -1.65. The van der Waals surface area contributed by atoms with Crippen molar-refractivity contribution in [1.29, 1.82) is 0 Å². The number of fused-ring (bicyclic) bond motifs is 4. The molecule has 5 rings (SSSR count). The van der Waals surface area contributed by atoms with Crippen LogP contribution in [0.1, 0.15) is 56.4 Å². The number of hydrogen-bond donors (Lipinski definition) is 0. The third-order valence-electron chi connectivity index (χ3n) is 6.38. The van der Waals surface area contributed by atoms with E-state index in [2.05, 4.69) is 48.0 Å². The van der Waals surface area contributed by atoms with Crippen LogP contribution in [-0.4, -0.2) is 37.0 Å². The van der Waals surface area contributed by atoms with Crippen LogP contribution in [0.15, 0.2) is 24.3 Å². The molecule has 3 nitrogen and oxygen atoms in total. The van der Waals surface area contributed by atoms with Gasteiger partial charge in [0.15, 0.2) is 0 Å². The predicted octanol–water partition coefficient (Wildman–Crippen LogP) is 4.38. The number of anilines is 1. The van der Waals surface area contributed by atoms with E-state index in [1.807, 2.05) is 0 Å². The summed E-state index contributed by atoms with van der Waals surface area (Å²) in [5, 5.41) is 0. The molecule has 0 bridgehead atoms. The Morgan fingerprint density at radius 1 is 1.19 bits per heavy atom. The lowest BCUT2D eigenvalue weighted by Crippen LogP contribution is -2.47. The number of rotatable bonds is 1. The number of likely N-dealkylation sites (N-methyl/N-ethyl adjacent to an activating group) is 1. The number of likely N-dealkylation sites (tertiary alicyclic amines) is 1. The third-order valence-corrected chi connectivity index (χ3v) is 7.60. The van der Waals surface area contributed by atoms with Crippen LogP contribution in [0.2, 0.25) is 0 Å². The molecule has 0 N–H and O–H groups in total. The van der Waals surface area contributed by atoms with Gasteiger partial charge < -0.3 is 9.80 Å². The van der Waals surface area contributed by atoms with Gasteiger partial charge in [-0.2, -0.15) is 0 Å². The number of nitrogens with zero attached hydrogens (tertiary/aromatic N) is 2. The number of benzene rings is 1. The van der Waals surface area contributed by atoms with E-state index < -0.39 is 0 Å². The van der Waals surface area contributed by atoms with Crippen LogP contribution in [0.5, 0.6) is 0 Å². The highest BCUT2D eigenvalue weighted by Crippen LogP contribution is 2.46. The van der Waals surface area contributed by atoms with E-state index in [1.54, 1.807) is 11.3 Å². The zero-order chi connectivity index (χ0) is 17.8. The Bertz CT molecular complexity index is 848. The maximum atomic E-state index is 13.6. The van der Waals surface area contributed by atoms with Crippen LogP contribution in [-0.2, 0) is 12.8 Å². The summed E-state index contributed by atoms with van der Waals surface area (Å²) in [6, 6.07) is 9.14. The number of piperidine rings is 1. The van der Waals surface area contributed by atoms with Crippen molar-refractivity contribution in [3.63, 3.8) is 0 Å². The van der Waals surface area contributed by atoms with Crippen LogP contribution >= 0.6 is 11.3 Å². The summed E-state index contributed by atoms with van der Waals surface area (Å²) in [5.41, 5.74) is 5.23. The molecule has 0 saturated carbocycles. The van der Waals surface area contributed by atoms with E-state index >= 15 is 0 Å². The molecule has 2 aromatic rings. The second-order valence-electron chi connectivity index (χ2n) is 8.23. The van der Waals surface area contributed by atoms with Crippen molar-refractivity contribution in [2.45, 2.75) is 51.0 Å². The molecule has 1 aliphatic carbocycles. The van der Waals surface area contributed by atoms with Gasteiger partial charge in [0, 0.05) is 29.1 Å². The first kappa shape index (κ1) is 16.5. The fraction of sp³-hybridized carbons (Fsp3) is 0.500. The van der Waals surface area contributed by atoms with Crippen molar-refractivity contribution >= 4 is 22.9 Å². The summed E-state index contributed by atoms with van der Waals surface area (Å²) in [5.74, 6) is 0.675. The number of thiophene rings is 1. The lowest BCUT2D eigenvalue weighted by Gasteiger charge is -2.36. The number of hydrogen-bond acceptors (Lipinski definition) is 3. The molecule has 136 valence electrons. The Kier molecular flexibility index (Phi) is 3.94. The summed E-state index contributed by atoms with van der Waals surface area (Å²) in [7, 11) is 2.20. The van der Waals surface area contributed by atoms with E-state index in [1.165, 1.54) is 34.4 Å². The molecule has 1 saturated heterocycles. The standard InChI is InChI=1S/C22H26N2OS/c1-14-7-8-18-16(11-14)17-13-23(2)10-9-19(17)24(18)22(25)21-12-15-5-3-4-6-20(15)26-21/h7-8,11-12,17,19H,3-6,9-10,13H2,1-2H3/t17-,19-/m1/s1. The second kappa shape index (κ2) is 6.21. The van der Waals surface area contributed by atoms with Crippen LogP contribution in [0.3, 0.4) is 0 Å². The Balaban J connectivity index is 1.55. The molecule has 1 amide bonds. The number of amides is 1. The summed E-state index contributed by atoms with van der Waals surface area (Å²) in [6.45, 7) is 4.27. The number of carbonyl (C=O) groups is 1. The Labute approximate surface area is 159 Å². The van der Waals surface area contributed by atoms with E-state index in [4.69, 9.17) is 0 Å². The Morgan fingerprint density at radius 2 is 2.04 bits per heavy atom. The van der Waals surface area contributed by atoms with E-state index in [0.717, 1.165) is 42.9 Å². The molecule has 2 atom stereocenters. The molecule has 0 radical (unpaired) electrons. The number of aryl methyl sites for hydroxylation is 3.